The number of carbonyl (C=O) groups is 2. The predicted molar refractivity (Wildman–Crippen MR) is 126 cm³/mol. The molecular formula is C25H30Cl2N2O2. The number of nitrogens with zero attached hydrogens (tertiary/aromatic N) is 1. The first kappa shape index (κ1) is 23.6. The Morgan fingerprint density at radius 1 is 1.10 bits per heavy atom. The summed E-state index contributed by atoms with van der Waals surface area (Å²) in [5.41, 5.74) is 2.67. The summed E-state index contributed by atoms with van der Waals surface area (Å²) in [5.74, 6) is -0.324. The minimum atomic E-state index is -0.852. The Bertz CT molecular complexity index is 901. The fraction of sp³-hybridized carbons (Fsp3) is 0.440. The lowest BCUT2D eigenvalue weighted by Crippen LogP contribution is -2.49. The van der Waals surface area contributed by atoms with Gasteiger partial charge in [-0.3, -0.25) is 9.59 Å². The average Bonchev–Trinajstić information content (AvgIpc) is 2.77. The molecule has 0 aromatic heterocycles. The van der Waals surface area contributed by atoms with Crippen molar-refractivity contribution in [2.24, 2.45) is 5.92 Å². The van der Waals surface area contributed by atoms with Gasteiger partial charge in [-0.2, -0.15) is 0 Å². The van der Waals surface area contributed by atoms with Gasteiger partial charge in [0.25, 0.3) is 0 Å². The van der Waals surface area contributed by atoms with Crippen molar-refractivity contribution in [1.82, 2.24) is 10.2 Å². The van der Waals surface area contributed by atoms with Crippen LogP contribution < -0.4 is 5.32 Å². The second-order valence-electron chi connectivity index (χ2n) is 8.44. The van der Waals surface area contributed by atoms with Crippen LogP contribution in [0.15, 0.2) is 48.5 Å². The molecule has 31 heavy (non-hydrogen) atoms. The summed E-state index contributed by atoms with van der Waals surface area (Å²) in [4.78, 5) is 28.1. The van der Waals surface area contributed by atoms with Crippen molar-refractivity contribution < 1.29 is 9.59 Å². The van der Waals surface area contributed by atoms with Gasteiger partial charge in [0.05, 0.1) is 0 Å². The van der Waals surface area contributed by atoms with Crippen LogP contribution in [0, 0.1) is 12.8 Å². The van der Waals surface area contributed by atoms with Crippen LogP contribution in [0.5, 0.6) is 0 Å². The molecular weight excluding hydrogens is 431 g/mol. The molecule has 3 atom stereocenters. The van der Waals surface area contributed by atoms with E-state index < -0.39 is 6.04 Å². The van der Waals surface area contributed by atoms with Gasteiger partial charge < -0.3 is 10.2 Å². The Morgan fingerprint density at radius 2 is 1.77 bits per heavy atom. The van der Waals surface area contributed by atoms with Gasteiger partial charge in [0.15, 0.2) is 0 Å². The molecule has 1 aliphatic rings. The zero-order valence-corrected chi connectivity index (χ0v) is 19.6. The fourth-order valence-electron chi connectivity index (χ4n) is 4.23. The molecule has 4 nitrogen and oxygen atoms in total. The van der Waals surface area contributed by atoms with Gasteiger partial charge >= 0.3 is 0 Å². The summed E-state index contributed by atoms with van der Waals surface area (Å²) in [7, 11) is 0. The smallest absolute Gasteiger partial charge is 0.247 e. The molecule has 1 fully saturated rings. The molecule has 0 bridgehead atoms. The molecule has 3 unspecified atom stereocenters. The lowest BCUT2D eigenvalue weighted by molar-refractivity contribution is -0.140. The van der Waals surface area contributed by atoms with Crippen LogP contribution in [0.4, 0.5) is 0 Å². The molecule has 1 N–H and O–H groups in total. The zero-order chi connectivity index (χ0) is 22.4. The zero-order valence-electron chi connectivity index (χ0n) is 18.1. The summed E-state index contributed by atoms with van der Waals surface area (Å²) >= 11 is 12.5. The molecule has 0 heterocycles. The number of nitrogens with one attached hydrogen (secondary N) is 1. The van der Waals surface area contributed by atoms with Crippen molar-refractivity contribution >= 4 is 35.0 Å². The first-order chi connectivity index (χ1) is 14.9. The number of benzene rings is 2. The topological polar surface area (TPSA) is 49.4 Å². The van der Waals surface area contributed by atoms with Gasteiger partial charge in [-0.1, -0.05) is 79.4 Å². The number of hydrogen-bond acceptors (Lipinski definition) is 2. The van der Waals surface area contributed by atoms with Crippen molar-refractivity contribution in [3.8, 4) is 0 Å². The van der Waals surface area contributed by atoms with E-state index in [-0.39, 0.29) is 30.3 Å². The Hall–Kier alpha value is -2.04. The van der Waals surface area contributed by atoms with Gasteiger partial charge in [-0.25, -0.2) is 0 Å². The maximum atomic E-state index is 13.6. The van der Waals surface area contributed by atoms with E-state index in [1.165, 1.54) is 6.42 Å². The molecule has 166 valence electrons. The van der Waals surface area contributed by atoms with Crippen LogP contribution in [-0.2, 0) is 16.1 Å². The van der Waals surface area contributed by atoms with Crippen LogP contribution in [0.2, 0.25) is 5.02 Å². The molecule has 2 aromatic carbocycles. The molecule has 2 amide bonds. The number of carbonyl (C=O) groups excluding carboxylic acids is 2. The van der Waals surface area contributed by atoms with Crippen molar-refractivity contribution in [3.05, 3.63) is 70.2 Å². The Labute approximate surface area is 194 Å². The third kappa shape index (κ3) is 6.02. The molecule has 0 spiro atoms. The van der Waals surface area contributed by atoms with E-state index in [2.05, 4.69) is 12.2 Å². The standard InChI is InChI=1S/C25H30Cl2N2O2/c1-17-11-13-19(14-12-17)16-29(23(30)15-26)24(20-8-4-5-9-21(20)27)25(31)28-22-10-6-3-7-18(22)2/h4-5,8-9,11-14,18,22,24H,3,6-7,10,15-16H2,1-2H3,(H,28,31). The first-order valence-electron chi connectivity index (χ1n) is 10.9. The van der Waals surface area contributed by atoms with Crippen LogP contribution >= 0.6 is 23.2 Å². The number of halogens is 2. The quantitative estimate of drug-likeness (QED) is 0.542. The van der Waals surface area contributed by atoms with Crippen molar-refractivity contribution in [3.63, 3.8) is 0 Å². The predicted octanol–water partition coefficient (Wildman–Crippen LogP) is 5.65. The summed E-state index contributed by atoms with van der Waals surface area (Å²) in [6, 6.07) is 14.4. The van der Waals surface area contributed by atoms with Crippen molar-refractivity contribution in [2.45, 2.75) is 58.2 Å². The van der Waals surface area contributed by atoms with Crippen LogP contribution in [0.1, 0.15) is 55.3 Å². The number of alkyl halides is 1. The van der Waals surface area contributed by atoms with Gasteiger partial charge in [-0.15, -0.1) is 11.6 Å². The minimum absolute atomic E-state index is 0.0959. The Kier molecular flexibility index (Phi) is 8.39. The highest BCUT2D eigenvalue weighted by atomic mass is 35.5. The van der Waals surface area contributed by atoms with E-state index in [0.29, 0.717) is 16.5 Å². The van der Waals surface area contributed by atoms with E-state index >= 15 is 0 Å². The SMILES string of the molecule is Cc1ccc(CN(C(=O)CCl)C(C(=O)NC2CCCCC2C)c2ccccc2Cl)cc1. The second-order valence-corrected chi connectivity index (χ2v) is 9.12. The first-order valence-corrected chi connectivity index (χ1v) is 11.8. The van der Waals surface area contributed by atoms with Crippen LogP contribution in [-0.4, -0.2) is 28.6 Å². The lowest BCUT2D eigenvalue weighted by Gasteiger charge is -2.35. The second kappa shape index (κ2) is 11.0. The van der Waals surface area contributed by atoms with Crippen molar-refractivity contribution in [2.75, 3.05) is 5.88 Å². The molecule has 6 heteroatoms. The van der Waals surface area contributed by atoms with E-state index in [1.807, 2.05) is 43.3 Å². The Balaban J connectivity index is 1.97. The van der Waals surface area contributed by atoms with Gasteiger partial charge in [0, 0.05) is 23.2 Å². The highest BCUT2D eigenvalue weighted by molar-refractivity contribution is 6.31. The normalized spacial score (nSPS) is 19.5. The average molecular weight is 461 g/mol. The summed E-state index contributed by atoms with van der Waals surface area (Å²) < 4.78 is 0. The number of rotatable bonds is 7. The maximum Gasteiger partial charge on any atom is 0.247 e. The van der Waals surface area contributed by atoms with Gasteiger partial charge in [0.1, 0.15) is 11.9 Å². The molecule has 0 saturated heterocycles. The molecule has 1 saturated carbocycles. The highest BCUT2D eigenvalue weighted by Gasteiger charge is 2.34. The number of aryl methyl sites for hydroxylation is 1. The lowest BCUT2D eigenvalue weighted by atomic mass is 9.85. The number of hydrogen-bond donors (Lipinski definition) is 1. The molecule has 1 aliphatic carbocycles. The summed E-state index contributed by atoms with van der Waals surface area (Å²) in [6.07, 6.45) is 4.32. The Morgan fingerprint density at radius 3 is 2.42 bits per heavy atom. The van der Waals surface area contributed by atoms with E-state index in [0.717, 1.165) is 30.4 Å². The fourth-order valence-corrected chi connectivity index (χ4v) is 4.62. The highest BCUT2D eigenvalue weighted by Crippen LogP contribution is 2.31. The van der Waals surface area contributed by atoms with Gasteiger partial charge in [0.2, 0.25) is 11.8 Å². The molecule has 0 aliphatic heterocycles. The largest absolute Gasteiger partial charge is 0.351 e. The van der Waals surface area contributed by atoms with E-state index in [9.17, 15) is 9.59 Å². The minimum Gasteiger partial charge on any atom is -0.351 e. The summed E-state index contributed by atoms with van der Waals surface area (Å²) in [5, 5.41) is 3.67. The van der Waals surface area contributed by atoms with Gasteiger partial charge in [-0.05, 0) is 37.3 Å². The van der Waals surface area contributed by atoms with E-state index in [4.69, 9.17) is 23.2 Å². The third-order valence-electron chi connectivity index (χ3n) is 6.11. The number of amides is 2. The molecule has 3 rings (SSSR count). The third-order valence-corrected chi connectivity index (χ3v) is 6.68. The van der Waals surface area contributed by atoms with Crippen LogP contribution in [0.3, 0.4) is 0 Å². The monoisotopic (exact) mass is 460 g/mol. The molecule has 2 aromatic rings. The van der Waals surface area contributed by atoms with E-state index in [1.54, 1.807) is 17.0 Å². The van der Waals surface area contributed by atoms with Crippen LogP contribution in [0.25, 0.3) is 0 Å². The summed E-state index contributed by atoms with van der Waals surface area (Å²) in [6.45, 7) is 4.45. The maximum absolute atomic E-state index is 13.6. The molecule has 0 radical (unpaired) electrons. The van der Waals surface area contributed by atoms with Crippen molar-refractivity contribution in [1.29, 1.82) is 0 Å².